The van der Waals surface area contributed by atoms with Gasteiger partial charge in [0.15, 0.2) is 9.84 Å². The number of rotatable bonds is 3. The van der Waals surface area contributed by atoms with Crippen molar-refractivity contribution in [3.05, 3.63) is 0 Å². The van der Waals surface area contributed by atoms with Crippen LogP contribution in [0.4, 0.5) is 0 Å². The molecule has 0 aromatic rings. The van der Waals surface area contributed by atoms with E-state index in [0.717, 1.165) is 6.92 Å². The van der Waals surface area contributed by atoms with Gasteiger partial charge in [-0.15, -0.1) is 0 Å². The maximum atomic E-state index is 10.9. The van der Waals surface area contributed by atoms with Crippen LogP contribution >= 0.6 is 0 Å². The van der Waals surface area contributed by atoms with Crippen molar-refractivity contribution in [2.24, 2.45) is 0 Å². The lowest BCUT2D eigenvalue weighted by atomic mass is 10.7. The maximum absolute atomic E-state index is 10.9. The molecule has 0 aromatic heterocycles. The fraction of sp³-hybridized carbons (Fsp3) is 0.500. The van der Waals surface area contributed by atoms with Crippen LogP contribution < -0.4 is 10.9 Å². The number of nitriles is 1. The van der Waals surface area contributed by atoms with Gasteiger partial charge in [0.1, 0.15) is 11.5 Å². The molecule has 0 radical (unpaired) electrons. The Morgan fingerprint density at radius 1 is 1.36 bits per heavy atom. The molecule has 0 spiro atoms. The molecule has 0 aliphatic rings. The average Bonchev–Trinajstić information content (AvgIpc) is 1.99. The lowest BCUT2D eigenvalue weighted by Crippen LogP contribution is -2.43. The normalized spacial score (nSPS) is 10.0. The summed E-state index contributed by atoms with van der Waals surface area (Å²) in [5.41, 5.74) is 3.79. The summed E-state index contributed by atoms with van der Waals surface area (Å²) in [6.07, 6.45) is 0. The Kier molecular flexibility index (Phi) is 4.58. The zero-order valence-corrected chi connectivity index (χ0v) is 8.22. The number of nitrogens with one attached hydrogen (secondary N) is 2. The molecule has 0 aliphatic heterocycles. The van der Waals surface area contributed by atoms with Crippen LogP contribution in [0, 0.1) is 11.3 Å². The van der Waals surface area contributed by atoms with Crippen LogP contribution in [0.3, 0.4) is 0 Å². The minimum Gasteiger partial charge on any atom is -0.274 e. The number of hydrogen-bond donors (Lipinski definition) is 2. The molecular formula is C6H9N3O4S. The van der Waals surface area contributed by atoms with E-state index in [4.69, 9.17) is 5.26 Å². The van der Waals surface area contributed by atoms with Gasteiger partial charge in [-0.2, -0.15) is 5.26 Å². The molecule has 0 aliphatic carbocycles. The maximum Gasteiger partial charge on any atom is 0.253 e. The monoisotopic (exact) mass is 219 g/mol. The first-order chi connectivity index (χ1) is 6.37. The fourth-order valence-corrected chi connectivity index (χ4v) is 1.31. The number of carbonyl (C=O) groups excluding carboxylic acids is 2. The van der Waals surface area contributed by atoms with Gasteiger partial charge in [-0.3, -0.25) is 20.4 Å². The van der Waals surface area contributed by atoms with Crippen LogP contribution in [0.5, 0.6) is 0 Å². The lowest BCUT2D eigenvalue weighted by Gasteiger charge is -2.03. The van der Waals surface area contributed by atoms with Gasteiger partial charge in [0.2, 0.25) is 5.91 Å². The Balaban J connectivity index is 4.08. The summed E-state index contributed by atoms with van der Waals surface area (Å²) < 4.78 is 21.8. The molecule has 0 atom stereocenters. The lowest BCUT2D eigenvalue weighted by molar-refractivity contribution is -0.126. The van der Waals surface area contributed by atoms with Gasteiger partial charge in [0, 0.05) is 6.92 Å². The highest BCUT2D eigenvalue weighted by Crippen LogP contribution is 1.87. The highest BCUT2D eigenvalue weighted by molar-refractivity contribution is 7.92. The van der Waals surface area contributed by atoms with Crippen LogP contribution in [-0.2, 0) is 19.4 Å². The van der Waals surface area contributed by atoms with Crippen LogP contribution in [0.15, 0.2) is 0 Å². The molecule has 0 heterocycles. The van der Waals surface area contributed by atoms with Crippen molar-refractivity contribution in [1.82, 2.24) is 10.9 Å². The van der Waals surface area contributed by atoms with Crippen LogP contribution in [0.25, 0.3) is 0 Å². The molecule has 0 fully saturated rings. The average molecular weight is 219 g/mol. The third-order valence-electron chi connectivity index (χ3n) is 1.01. The van der Waals surface area contributed by atoms with Crippen molar-refractivity contribution in [2.75, 3.05) is 11.5 Å². The molecule has 0 unspecified atom stereocenters. The smallest absolute Gasteiger partial charge is 0.253 e. The minimum atomic E-state index is -3.70. The predicted molar refractivity (Wildman–Crippen MR) is 46.2 cm³/mol. The van der Waals surface area contributed by atoms with E-state index in [1.807, 2.05) is 10.9 Å². The highest BCUT2D eigenvalue weighted by atomic mass is 32.2. The molecule has 0 aromatic carbocycles. The van der Waals surface area contributed by atoms with E-state index in [1.165, 1.54) is 6.07 Å². The summed E-state index contributed by atoms with van der Waals surface area (Å²) in [6, 6.07) is 1.42. The standard InChI is InChI=1S/C6H9N3O4S/c1-5(10)8-9-6(11)4-14(12,13)3-2-7/h3-4H2,1H3,(H,8,10)(H,9,11). The van der Waals surface area contributed by atoms with Crippen LogP contribution in [0.2, 0.25) is 0 Å². The minimum absolute atomic E-state index is 0.518. The van der Waals surface area contributed by atoms with Crippen molar-refractivity contribution in [1.29, 1.82) is 5.26 Å². The first-order valence-corrected chi connectivity index (χ1v) is 5.32. The van der Waals surface area contributed by atoms with Gasteiger partial charge in [0.05, 0.1) is 6.07 Å². The number of hydrogen-bond acceptors (Lipinski definition) is 5. The zero-order valence-electron chi connectivity index (χ0n) is 7.40. The molecule has 0 saturated carbocycles. The summed E-state index contributed by atoms with van der Waals surface area (Å²) >= 11 is 0. The number of hydrazine groups is 1. The largest absolute Gasteiger partial charge is 0.274 e. The SMILES string of the molecule is CC(=O)NNC(=O)CS(=O)(=O)CC#N. The summed E-state index contributed by atoms with van der Waals surface area (Å²) in [5, 5.41) is 8.10. The topological polar surface area (TPSA) is 116 Å². The molecular weight excluding hydrogens is 210 g/mol. The van der Waals surface area contributed by atoms with E-state index in [9.17, 15) is 18.0 Å². The summed E-state index contributed by atoms with van der Waals surface area (Å²) in [6.45, 7) is 1.16. The first-order valence-electron chi connectivity index (χ1n) is 3.50. The molecule has 2 amide bonds. The van der Waals surface area contributed by atoms with E-state index in [1.54, 1.807) is 0 Å². The predicted octanol–water partition coefficient (Wildman–Crippen LogP) is -1.91. The van der Waals surface area contributed by atoms with Gasteiger partial charge >= 0.3 is 0 Å². The van der Waals surface area contributed by atoms with Gasteiger partial charge in [-0.1, -0.05) is 0 Å². The quantitative estimate of drug-likeness (QED) is 0.537. The number of carbonyl (C=O) groups is 2. The van der Waals surface area contributed by atoms with E-state index >= 15 is 0 Å². The third-order valence-corrected chi connectivity index (χ3v) is 2.28. The molecule has 0 rings (SSSR count). The zero-order chi connectivity index (χ0) is 11.2. The van der Waals surface area contributed by atoms with Crippen molar-refractivity contribution >= 4 is 21.7 Å². The van der Waals surface area contributed by atoms with Gasteiger partial charge in [-0.25, -0.2) is 8.42 Å². The second kappa shape index (κ2) is 5.18. The summed E-state index contributed by atoms with van der Waals surface area (Å²) in [5.74, 6) is -2.94. The summed E-state index contributed by atoms with van der Waals surface area (Å²) in [4.78, 5) is 21.1. The Morgan fingerprint density at radius 2 is 1.93 bits per heavy atom. The Morgan fingerprint density at radius 3 is 2.36 bits per heavy atom. The molecule has 0 saturated heterocycles. The Hall–Kier alpha value is -1.62. The van der Waals surface area contributed by atoms with Crippen molar-refractivity contribution in [2.45, 2.75) is 6.92 Å². The molecule has 7 nitrogen and oxygen atoms in total. The third kappa shape index (κ3) is 5.96. The number of nitrogens with zero attached hydrogens (tertiary/aromatic N) is 1. The van der Waals surface area contributed by atoms with Crippen molar-refractivity contribution < 1.29 is 18.0 Å². The molecule has 8 heteroatoms. The summed E-state index contributed by atoms with van der Waals surface area (Å²) in [7, 11) is -3.70. The first kappa shape index (κ1) is 12.4. The molecule has 2 N–H and O–H groups in total. The van der Waals surface area contributed by atoms with Gasteiger partial charge in [0.25, 0.3) is 5.91 Å². The molecule has 78 valence electrons. The van der Waals surface area contributed by atoms with E-state index < -0.39 is 33.2 Å². The molecule has 14 heavy (non-hydrogen) atoms. The van der Waals surface area contributed by atoms with Crippen LogP contribution in [-0.4, -0.2) is 31.7 Å². The Labute approximate surface area is 81.0 Å². The molecule has 0 bridgehead atoms. The van der Waals surface area contributed by atoms with Crippen molar-refractivity contribution in [3.8, 4) is 6.07 Å². The second-order valence-electron chi connectivity index (χ2n) is 2.42. The van der Waals surface area contributed by atoms with Gasteiger partial charge < -0.3 is 0 Å². The fourth-order valence-electron chi connectivity index (χ4n) is 0.543. The van der Waals surface area contributed by atoms with E-state index in [2.05, 4.69) is 0 Å². The number of amides is 2. The highest BCUT2D eigenvalue weighted by Gasteiger charge is 2.15. The van der Waals surface area contributed by atoms with E-state index in [-0.39, 0.29) is 0 Å². The van der Waals surface area contributed by atoms with Crippen molar-refractivity contribution in [3.63, 3.8) is 0 Å². The van der Waals surface area contributed by atoms with Gasteiger partial charge in [-0.05, 0) is 0 Å². The Bertz CT molecular complexity index is 367. The van der Waals surface area contributed by atoms with Crippen LogP contribution in [0.1, 0.15) is 6.92 Å². The number of sulfone groups is 1. The van der Waals surface area contributed by atoms with E-state index in [0.29, 0.717) is 0 Å². The second-order valence-corrected chi connectivity index (χ2v) is 4.48.